The van der Waals surface area contributed by atoms with Gasteiger partial charge in [0, 0.05) is 12.5 Å². The maximum absolute atomic E-state index is 12.5. The van der Waals surface area contributed by atoms with Crippen LogP contribution >= 0.6 is 0 Å². The molecule has 4 saturated carbocycles. The standard InChI is InChI=1S/C14H22N2O2/c1-2-11(17)16-13(18)14-6-8-3-9(7-14)5-10(4-8)12(14)15/h8-10,12H,2-7,15H2,1H3,(H,16,17,18). The molecule has 0 aromatic rings. The van der Waals surface area contributed by atoms with Crippen molar-refractivity contribution < 1.29 is 9.59 Å². The SMILES string of the molecule is CCC(=O)NC(=O)C12CC3CC(CC(C3)C1N)C2. The van der Waals surface area contributed by atoms with Gasteiger partial charge in [-0.15, -0.1) is 0 Å². The number of hydrogen-bond donors (Lipinski definition) is 2. The van der Waals surface area contributed by atoms with Crippen molar-refractivity contribution in [1.29, 1.82) is 0 Å². The average Bonchev–Trinajstić information content (AvgIpc) is 2.34. The Morgan fingerprint density at radius 3 is 2.39 bits per heavy atom. The lowest BCUT2D eigenvalue weighted by Gasteiger charge is -2.59. The molecule has 0 heterocycles. The summed E-state index contributed by atoms with van der Waals surface area (Å²) >= 11 is 0. The quantitative estimate of drug-likeness (QED) is 0.773. The first-order valence-corrected chi connectivity index (χ1v) is 7.15. The normalized spacial score (nSPS) is 45.0. The van der Waals surface area contributed by atoms with Crippen molar-refractivity contribution in [2.75, 3.05) is 0 Å². The molecule has 0 aliphatic heterocycles. The van der Waals surface area contributed by atoms with Gasteiger partial charge >= 0.3 is 0 Å². The smallest absolute Gasteiger partial charge is 0.234 e. The van der Waals surface area contributed by atoms with Crippen LogP contribution in [0.2, 0.25) is 0 Å². The maximum atomic E-state index is 12.5. The van der Waals surface area contributed by atoms with Crippen LogP contribution in [-0.4, -0.2) is 17.9 Å². The van der Waals surface area contributed by atoms with E-state index in [1.165, 1.54) is 19.3 Å². The van der Waals surface area contributed by atoms with Gasteiger partial charge in [0.25, 0.3) is 0 Å². The third-order valence-corrected chi connectivity index (χ3v) is 5.42. The highest BCUT2D eigenvalue weighted by Gasteiger charge is 2.59. The topological polar surface area (TPSA) is 72.2 Å². The summed E-state index contributed by atoms with van der Waals surface area (Å²) in [6.07, 6.45) is 5.78. The number of imide groups is 1. The molecule has 0 spiro atoms. The number of carbonyl (C=O) groups is 2. The molecular formula is C14H22N2O2. The lowest BCUT2D eigenvalue weighted by molar-refractivity contribution is -0.152. The largest absolute Gasteiger partial charge is 0.326 e. The Labute approximate surface area is 108 Å². The van der Waals surface area contributed by atoms with Crippen molar-refractivity contribution >= 4 is 11.8 Å². The van der Waals surface area contributed by atoms with E-state index in [0.717, 1.165) is 12.8 Å². The molecule has 4 nitrogen and oxygen atoms in total. The first-order valence-electron chi connectivity index (χ1n) is 7.15. The summed E-state index contributed by atoms with van der Waals surface area (Å²) < 4.78 is 0. The fourth-order valence-corrected chi connectivity index (χ4v) is 4.76. The molecule has 3 N–H and O–H groups in total. The fourth-order valence-electron chi connectivity index (χ4n) is 4.76. The molecule has 4 heteroatoms. The molecular weight excluding hydrogens is 228 g/mol. The lowest BCUT2D eigenvalue weighted by atomic mass is 9.47. The molecule has 0 aromatic heterocycles. The molecule has 2 amide bonds. The Morgan fingerprint density at radius 1 is 1.22 bits per heavy atom. The third kappa shape index (κ3) is 1.62. The van der Waals surface area contributed by atoms with E-state index in [9.17, 15) is 9.59 Å². The monoisotopic (exact) mass is 250 g/mol. The van der Waals surface area contributed by atoms with Gasteiger partial charge in [0.05, 0.1) is 5.41 Å². The van der Waals surface area contributed by atoms with Crippen molar-refractivity contribution in [2.24, 2.45) is 28.9 Å². The fraction of sp³-hybridized carbons (Fsp3) is 0.857. The number of nitrogens with two attached hydrogens (primary N) is 1. The van der Waals surface area contributed by atoms with Crippen LogP contribution in [0.15, 0.2) is 0 Å². The van der Waals surface area contributed by atoms with Crippen molar-refractivity contribution in [3.8, 4) is 0 Å². The molecule has 3 atom stereocenters. The minimum Gasteiger partial charge on any atom is -0.326 e. The molecule has 4 fully saturated rings. The maximum Gasteiger partial charge on any atom is 0.234 e. The van der Waals surface area contributed by atoms with Gasteiger partial charge in [0.1, 0.15) is 0 Å². The van der Waals surface area contributed by atoms with Crippen molar-refractivity contribution in [1.82, 2.24) is 5.32 Å². The van der Waals surface area contributed by atoms with Gasteiger partial charge in [0.15, 0.2) is 0 Å². The number of carbonyl (C=O) groups excluding carboxylic acids is 2. The predicted octanol–water partition coefficient (Wildman–Crippen LogP) is 1.19. The molecule has 0 radical (unpaired) electrons. The summed E-state index contributed by atoms with van der Waals surface area (Å²) in [6, 6.07) is -0.0463. The van der Waals surface area contributed by atoms with Gasteiger partial charge in [-0.25, -0.2) is 0 Å². The highest BCUT2D eigenvalue weighted by Crippen LogP contribution is 2.59. The van der Waals surface area contributed by atoms with Crippen LogP contribution in [0, 0.1) is 23.2 Å². The van der Waals surface area contributed by atoms with Crippen molar-refractivity contribution in [3.63, 3.8) is 0 Å². The highest BCUT2D eigenvalue weighted by atomic mass is 16.2. The number of nitrogens with one attached hydrogen (secondary N) is 1. The summed E-state index contributed by atoms with van der Waals surface area (Å²) in [6.45, 7) is 1.77. The Balaban J connectivity index is 1.84. The van der Waals surface area contributed by atoms with Gasteiger partial charge in [-0.3, -0.25) is 14.9 Å². The zero-order valence-corrected chi connectivity index (χ0v) is 10.9. The van der Waals surface area contributed by atoms with E-state index >= 15 is 0 Å². The van der Waals surface area contributed by atoms with Crippen LogP contribution in [0.4, 0.5) is 0 Å². The zero-order valence-electron chi connectivity index (χ0n) is 10.9. The van der Waals surface area contributed by atoms with E-state index in [2.05, 4.69) is 5.32 Å². The summed E-state index contributed by atoms with van der Waals surface area (Å²) in [5, 5.41) is 2.56. The van der Waals surface area contributed by atoms with Crippen LogP contribution in [-0.2, 0) is 9.59 Å². The summed E-state index contributed by atoms with van der Waals surface area (Å²) in [4.78, 5) is 23.9. The van der Waals surface area contributed by atoms with Gasteiger partial charge in [-0.1, -0.05) is 6.92 Å². The van der Waals surface area contributed by atoms with Crippen LogP contribution < -0.4 is 11.1 Å². The molecule has 4 rings (SSSR count). The second-order valence-electron chi connectivity index (χ2n) is 6.52. The van der Waals surface area contributed by atoms with E-state index in [1.807, 2.05) is 0 Å². The predicted molar refractivity (Wildman–Crippen MR) is 67.4 cm³/mol. The molecule has 0 saturated heterocycles. The molecule has 100 valence electrons. The van der Waals surface area contributed by atoms with Crippen LogP contribution in [0.5, 0.6) is 0 Å². The molecule has 18 heavy (non-hydrogen) atoms. The highest BCUT2D eigenvalue weighted by molar-refractivity contribution is 5.98. The Kier molecular flexibility index (Phi) is 2.73. The Morgan fingerprint density at radius 2 is 1.83 bits per heavy atom. The first-order chi connectivity index (χ1) is 8.55. The van der Waals surface area contributed by atoms with E-state index in [-0.39, 0.29) is 17.9 Å². The zero-order chi connectivity index (χ0) is 12.9. The van der Waals surface area contributed by atoms with Gasteiger partial charge in [-0.05, 0) is 49.9 Å². The molecule has 4 aliphatic rings. The molecule has 3 unspecified atom stereocenters. The van der Waals surface area contributed by atoms with E-state index in [4.69, 9.17) is 5.73 Å². The third-order valence-electron chi connectivity index (χ3n) is 5.42. The van der Waals surface area contributed by atoms with Crippen molar-refractivity contribution in [2.45, 2.75) is 51.5 Å². The number of amides is 2. The lowest BCUT2D eigenvalue weighted by Crippen LogP contribution is -2.65. The Bertz CT molecular complexity index is 379. The second-order valence-corrected chi connectivity index (χ2v) is 6.52. The van der Waals surface area contributed by atoms with Crippen LogP contribution in [0.1, 0.15) is 45.4 Å². The summed E-state index contributed by atoms with van der Waals surface area (Å²) in [7, 11) is 0. The van der Waals surface area contributed by atoms with Gasteiger partial charge < -0.3 is 5.73 Å². The van der Waals surface area contributed by atoms with Crippen molar-refractivity contribution in [3.05, 3.63) is 0 Å². The summed E-state index contributed by atoms with van der Waals surface area (Å²) in [5.74, 6) is 1.54. The van der Waals surface area contributed by atoms with Crippen LogP contribution in [0.25, 0.3) is 0 Å². The summed E-state index contributed by atoms with van der Waals surface area (Å²) in [5.41, 5.74) is 5.90. The molecule has 4 bridgehead atoms. The Hall–Kier alpha value is -0.900. The van der Waals surface area contributed by atoms with Crippen LogP contribution in [0.3, 0.4) is 0 Å². The number of rotatable bonds is 2. The van der Waals surface area contributed by atoms with Gasteiger partial charge in [0.2, 0.25) is 11.8 Å². The molecule has 0 aromatic carbocycles. The molecule has 4 aliphatic carbocycles. The number of hydrogen-bond acceptors (Lipinski definition) is 3. The average molecular weight is 250 g/mol. The minimum atomic E-state index is -0.445. The van der Waals surface area contributed by atoms with E-state index in [1.54, 1.807) is 6.92 Å². The van der Waals surface area contributed by atoms with Gasteiger partial charge in [-0.2, -0.15) is 0 Å². The second kappa shape index (κ2) is 4.05. The minimum absolute atomic E-state index is 0.0463. The van der Waals surface area contributed by atoms with E-state index < -0.39 is 5.41 Å². The first kappa shape index (κ1) is 12.2. The van der Waals surface area contributed by atoms with E-state index in [0.29, 0.717) is 24.2 Å².